The number of hydrogen-bond donors (Lipinski definition) is 0. The van der Waals surface area contributed by atoms with Crippen LogP contribution in [0.4, 0.5) is 0 Å². The summed E-state index contributed by atoms with van der Waals surface area (Å²) in [6.07, 6.45) is -1.54. The summed E-state index contributed by atoms with van der Waals surface area (Å²) >= 11 is 0. The Morgan fingerprint density at radius 1 is 0.913 bits per heavy atom. The van der Waals surface area contributed by atoms with Crippen LogP contribution in [0.3, 0.4) is 0 Å². The molecule has 1 atom stereocenters. The number of rotatable bonds is 6. The van der Waals surface area contributed by atoms with E-state index in [0.717, 1.165) is 7.11 Å². The zero-order valence-electron chi connectivity index (χ0n) is 12.8. The summed E-state index contributed by atoms with van der Waals surface area (Å²) in [7, 11) is -2.47. The fraction of sp³-hybridized carbons (Fsp3) is 0.176. The van der Waals surface area contributed by atoms with Crippen molar-refractivity contribution in [2.24, 2.45) is 0 Å². The molecule has 6 heteroatoms. The first-order valence-corrected chi connectivity index (χ1v) is 8.59. The van der Waals surface area contributed by atoms with Gasteiger partial charge in [-0.25, -0.2) is 4.79 Å². The molecule has 0 saturated heterocycles. The van der Waals surface area contributed by atoms with Crippen molar-refractivity contribution in [1.29, 1.82) is 0 Å². The molecule has 0 fully saturated rings. The minimum atomic E-state index is -3.62. The van der Waals surface area contributed by atoms with Crippen molar-refractivity contribution in [1.82, 2.24) is 0 Å². The Balaban J connectivity index is 2.53. The molecule has 0 aliphatic rings. The maximum atomic E-state index is 13.6. The molecule has 0 aromatic heterocycles. The second kappa shape index (κ2) is 7.36. The van der Waals surface area contributed by atoms with E-state index in [4.69, 9.17) is 4.52 Å². The molecule has 0 aliphatic carbocycles. The Morgan fingerprint density at radius 3 is 1.70 bits per heavy atom. The highest BCUT2D eigenvalue weighted by atomic mass is 31.2. The zero-order chi connectivity index (χ0) is 16.9. The fourth-order valence-electron chi connectivity index (χ4n) is 2.06. The summed E-state index contributed by atoms with van der Waals surface area (Å²) < 4.78 is 23.7. The third-order valence-electron chi connectivity index (χ3n) is 3.23. The normalized spacial score (nSPS) is 12.4. The van der Waals surface area contributed by atoms with Crippen LogP contribution >= 0.6 is 7.37 Å². The van der Waals surface area contributed by atoms with Gasteiger partial charge in [0.05, 0.1) is 7.11 Å². The van der Waals surface area contributed by atoms with Gasteiger partial charge < -0.3 is 4.74 Å². The van der Waals surface area contributed by atoms with Gasteiger partial charge in [-0.1, -0.05) is 36.4 Å². The highest BCUT2D eigenvalue weighted by Crippen LogP contribution is 2.46. The van der Waals surface area contributed by atoms with Gasteiger partial charge in [-0.2, -0.15) is 0 Å². The molecule has 0 bridgehead atoms. The van der Waals surface area contributed by atoms with Crippen LogP contribution in [0, 0.1) is 0 Å². The molecule has 2 rings (SSSR count). The summed E-state index contributed by atoms with van der Waals surface area (Å²) in [6.45, 7) is 1.20. The molecule has 0 spiro atoms. The van der Waals surface area contributed by atoms with Gasteiger partial charge in [0, 0.05) is 10.6 Å². The Bertz CT molecular complexity index is 684. The lowest BCUT2D eigenvalue weighted by atomic mass is 10.3. The van der Waals surface area contributed by atoms with Crippen molar-refractivity contribution in [3.8, 4) is 0 Å². The maximum absolute atomic E-state index is 13.6. The third-order valence-corrected chi connectivity index (χ3v) is 5.69. The topological polar surface area (TPSA) is 69.7 Å². The van der Waals surface area contributed by atoms with Gasteiger partial charge in [-0.05, 0) is 31.2 Å². The van der Waals surface area contributed by atoms with E-state index in [9.17, 15) is 14.2 Å². The summed E-state index contributed by atoms with van der Waals surface area (Å²) in [5.74, 6) is -1.44. The summed E-state index contributed by atoms with van der Waals surface area (Å²) in [5.41, 5.74) is 0. The van der Waals surface area contributed by atoms with Crippen molar-refractivity contribution in [3.63, 3.8) is 0 Å². The number of esters is 1. The van der Waals surface area contributed by atoms with Crippen LogP contribution < -0.4 is 10.6 Å². The van der Waals surface area contributed by atoms with Gasteiger partial charge in [0.25, 0.3) is 7.37 Å². The van der Waals surface area contributed by atoms with E-state index in [-0.39, 0.29) is 0 Å². The van der Waals surface area contributed by atoms with Crippen molar-refractivity contribution in [2.75, 3.05) is 7.11 Å². The zero-order valence-corrected chi connectivity index (χ0v) is 13.7. The second-order valence-electron chi connectivity index (χ2n) is 4.84. The predicted molar refractivity (Wildman–Crippen MR) is 87.3 cm³/mol. The number of carbonyl (C=O) groups excluding carboxylic acids is 2. The standard InChI is InChI=1S/C17H17O5P/c1-13(18)16(17(19)21-2)22-23(20,14-9-5-3-6-10-14)15-11-7-4-8-12-15/h3-12,16H,1-2H3. The summed E-state index contributed by atoms with van der Waals surface area (Å²) in [4.78, 5) is 23.5. The number of hydrogen-bond acceptors (Lipinski definition) is 5. The van der Waals surface area contributed by atoms with Gasteiger partial charge in [0.15, 0.2) is 5.78 Å². The van der Waals surface area contributed by atoms with Crippen molar-refractivity contribution in [3.05, 3.63) is 60.7 Å². The van der Waals surface area contributed by atoms with E-state index < -0.39 is 25.2 Å². The molecule has 2 aromatic rings. The molecule has 0 saturated carbocycles. The minimum Gasteiger partial charge on any atom is -0.467 e. The number of Topliss-reactive ketones (excluding diaryl/α,β-unsaturated/α-hetero) is 1. The smallest absolute Gasteiger partial charge is 0.343 e. The van der Waals surface area contributed by atoms with Crippen LogP contribution in [0.25, 0.3) is 0 Å². The third kappa shape index (κ3) is 3.76. The first-order chi connectivity index (χ1) is 11.0. The second-order valence-corrected chi connectivity index (χ2v) is 7.19. The van der Waals surface area contributed by atoms with Crippen LogP contribution in [0.2, 0.25) is 0 Å². The van der Waals surface area contributed by atoms with Gasteiger partial charge in [-0.15, -0.1) is 0 Å². The maximum Gasteiger partial charge on any atom is 0.343 e. The Labute approximate surface area is 134 Å². The molecule has 120 valence electrons. The van der Waals surface area contributed by atoms with E-state index in [1.807, 2.05) is 0 Å². The van der Waals surface area contributed by atoms with E-state index in [1.54, 1.807) is 60.7 Å². The van der Waals surface area contributed by atoms with Gasteiger partial charge >= 0.3 is 5.97 Å². The van der Waals surface area contributed by atoms with E-state index in [1.165, 1.54) is 6.92 Å². The first kappa shape index (κ1) is 17.1. The molecule has 0 heterocycles. The average molecular weight is 332 g/mol. The molecule has 2 aromatic carbocycles. The highest BCUT2D eigenvalue weighted by molar-refractivity contribution is 7.74. The number of benzene rings is 2. The monoisotopic (exact) mass is 332 g/mol. The van der Waals surface area contributed by atoms with Crippen LogP contribution in [0.15, 0.2) is 60.7 Å². The van der Waals surface area contributed by atoms with Crippen LogP contribution in [0.5, 0.6) is 0 Å². The van der Waals surface area contributed by atoms with Crippen molar-refractivity contribution < 1.29 is 23.4 Å². The SMILES string of the molecule is COC(=O)C(OP(=O)(c1ccccc1)c1ccccc1)C(C)=O. The largest absolute Gasteiger partial charge is 0.467 e. The van der Waals surface area contributed by atoms with E-state index >= 15 is 0 Å². The average Bonchev–Trinajstić information content (AvgIpc) is 2.60. The fourth-order valence-corrected chi connectivity index (χ4v) is 4.26. The minimum absolute atomic E-state index is 0.404. The molecule has 0 radical (unpaired) electrons. The lowest BCUT2D eigenvalue weighted by molar-refractivity contribution is -0.152. The lowest BCUT2D eigenvalue weighted by Crippen LogP contribution is -2.34. The Hall–Kier alpha value is -2.23. The molecule has 0 amide bonds. The molecule has 0 aliphatic heterocycles. The number of methoxy groups -OCH3 is 1. The van der Waals surface area contributed by atoms with Crippen LogP contribution in [-0.4, -0.2) is 25.0 Å². The molecule has 5 nitrogen and oxygen atoms in total. The highest BCUT2D eigenvalue weighted by Gasteiger charge is 2.37. The van der Waals surface area contributed by atoms with Crippen LogP contribution in [-0.2, 0) is 23.4 Å². The van der Waals surface area contributed by atoms with E-state index in [2.05, 4.69) is 4.74 Å². The molecular weight excluding hydrogens is 315 g/mol. The Morgan fingerprint density at radius 2 is 1.35 bits per heavy atom. The lowest BCUT2D eigenvalue weighted by Gasteiger charge is -2.23. The number of ketones is 1. The first-order valence-electron chi connectivity index (χ1n) is 6.97. The molecule has 23 heavy (non-hydrogen) atoms. The molecule has 1 unspecified atom stereocenters. The van der Waals surface area contributed by atoms with Crippen molar-refractivity contribution in [2.45, 2.75) is 13.0 Å². The van der Waals surface area contributed by atoms with Gasteiger partial charge in [-0.3, -0.25) is 13.9 Å². The number of ether oxygens (including phenoxy) is 1. The molecule has 0 N–H and O–H groups in total. The van der Waals surface area contributed by atoms with Crippen LogP contribution in [0.1, 0.15) is 6.92 Å². The molecular formula is C17H17O5P. The van der Waals surface area contributed by atoms with Gasteiger partial charge in [0.1, 0.15) is 0 Å². The Kier molecular flexibility index (Phi) is 5.48. The number of carbonyl (C=O) groups is 2. The predicted octanol–water partition coefficient (Wildman–Crippen LogP) is 2.06. The van der Waals surface area contributed by atoms with Gasteiger partial charge in [0.2, 0.25) is 6.10 Å². The quantitative estimate of drug-likeness (QED) is 0.460. The summed E-state index contributed by atoms with van der Waals surface area (Å²) in [5, 5.41) is 0.808. The van der Waals surface area contributed by atoms with Crippen molar-refractivity contribution >= 4 is 29.7 Å². The van der Waals surface area contributed by atoms with E-state index in [0.29, 0.717) is 10.6 Å². The summed E-state index contributed by atoms with van der Waals surface area (Å²) in [6, 6.07) is 17.0.